The molecule has 0 aliphatic rings. The molecular weight excluding hydrogens is 164 g/mol. The molecule has 0 aliphatic heterocycles. The normalized spacial score (nSPS) is 13.2. The van der Waals surface area contributed by atoms with Crippen LogP contribution in [0.25, 0.3) is 0 Å². The molecule has 1 aromatic heterocycles. The van der Waals surface area contributed by atoms with Crippen LogP contribution in [0.5, 0.6) is 5.75 Å². The number of aryl methyl sites for hydroxylation is 1. The number of aromatic nitrogens is 2. The smallest absolute Gasteiger partial charge is 0.159 e. The Labute approximate surface area is 79.4 Å². The largest absolute Gasteiger partial charge is 0.504 e. The molecule has 0 saturated carbocycles. The molecule has 0 aromatic carbocycles. The Morgan fingerprint density at radius 1 is 1.46 bits per heavy atom. The van der Waals surface area contributed by atoms with Gasteiger partial charge in [-0.15, -0.1) is 0 Å². The molecule has 0 amide bonds. The fourth-order valence-electron chi connectivity index (χ4n) is 1.41. The number of aromatic hydroxyl groups is 1. The van der Waals surface area contributed by atoms with Crippen molar-refractivity contribution in [3.05, 3.63) is 11.4 Å². The van der Waals surface area contributed by atoms with Crippen LogP contribution in [0, 0.1) is 6.92 Å². The topological polar surface area (TPSA) is 38.0 Å². The van der Waals surface area contributed by atoms with Gasteiger partial charge in [0.05, 0.1) is 5.69 Å². The van der Waals surface area contributed by atoms with Crippen molar-refractivity contribution >= 4 is 0 Å². The van der Waals surface area contributed by atoms with Gasteiger partial charge in [0, 0.05) is 6.04 Å². The Balaban J connectivity index is 3.09. The van der Waals surface area contributed by atoms with Crippen LogP contribution in [0.2, 0.25) is 0 Å². The van der Waals surface area contributed by atoms with Gasteiger partial charge in [0.2, 0.25) is 0 Å². The van der Waals surface area contributed by atoms with Crippen LogP contribution in [-0.4, -0.2) is 14.9 Å². The maximum atomic E-state index is 9.68. The summed E-state index contributed by atoms with van der Waals surface area (Å²) in [5, 5.41) is 14.0. The zero-order valence-electron chi connectivity index (χ0n) is 8.83. The molecular formula is C10H18N2O. The average molecular weight is 182 g/mol. The van der Waals surface area contributed by atoms with Gasteiger partial charge in [0.25, 0.3) is 0 Å². The van der Waals surface area contributed by atoms with E-state index in [4.69, 9.17) is 0 Å². The van der Waals surface area contributed by atoms with Crippen LogP contribution in [0.4, 0.5) is 0 Å². The SMILES string of the molecule is CCc1nn(C(C)CC)c(C)c1O. The molecule has 0 radical (unpaired) electrons. The zero-order chi connectivity index (χ0) is 10.0. The van der Waals surface area contributed by atoms with Crippen LogP contribution in [0.3, 0.4) is 0 Å². The summed E-state index contributed by atoms with van der Waals surface area (Å²) < 4.78 is 1.91. The minimum atomic E-state index is 0.364. The molecule has 3 nitrogen and oxygen atoms in total. The Morgan fingerprint density at radius 2 is 2.08 bits per heavy atom. The first-order valence-electron chi connectivity index (χ1n) is 4.88. The Hall–Kier alpha value is -0.990. The molecule has 74 valence electrons. The van der Waals surface area contributed by atoms with Crippen molar-refractivity contribution in [2.24, 2.45) is 0 Å². The maximum Gasteiger partial charge on any atom is 0.159 e. The van der Waals surface area contributed by atoms with E-state index in [2.05, 4.69) is 18.9 Å². The molecule has 0 fully saturated rings. The average Bonchev–Trinajstić information content (AvgIpc) is 2.43. The van der Waals surface area contributed by atoms with Crippen molar-refractivity contribution in [2.75, 3.05) is 0 Å². The Bertz CT molecular complexity index is 291. The third-order valence-corrected chi connectivity index (χ3v) is 2.53. The van der Waals surface area contributed by atoms with E-state index in [0.717, 1.165) is 24.2 Å². The predicted molar refractivity (Wildman–Crippen MR) is 53.0 cm³/mol. The molecule has 0 saturated heterocycles. The summed E-state index contributed by atoms with van der Waals surface area (Å²) in [5.41, 5.74) is 1.68. The number of hydrogen-bond donors (Lipinski definition) is 1. The van der Waals surface area contributed by atoms with E-state index >= 15 is 0 Å². The number of hydrogen-bond acceptors (Lipinski definition) is 2. The van der Waals surface area contributed by atoms with Gasteiger partial charge in [-0.2, -0.15) is 5.10 Å². The van der Waals surface area contributed by atoms with Crippen LogP contribution in [0.15, 0.2) is 0 Å². The van der Waals surface area contributed by atoms with E-state index in [0.29, 0.717) is 11.8 Å². The summed E-state index contributed by atoms with van der Waals surface area (Å²) in [5.74, 6) is 0.364. The summed E-state index contributed by atoms with van der Waals surface area (Å²) in [4.78, 5) is 0. The molecule has 3 heteroatoms. The van der Waals surface area contributed by atoms with Crippen molar-refractivity contribution in [1.29, 1.82) is 0 Å². The third-order valence-electron chi connectivity index (χ3n) is 2.53. The molecule has 1 aromatic rings. The van der Waals surface area contributed by atoms with Gasteiger partial charge in [-0.05, 0) is 26.7 Å². The lowest BCUT2D eigenvalue weighted by molar-refractivity contribution is 0.445. The first kappa shape index (κ1) is 10.1. The molecule has 1 unspecified atom stereocenters. The van der Waals surface area contributed by atoms with E-state index in [1.54, 1.807) is 0 Å². The highest BCUT2D eigenvalue weighted by atomic mass is 16.3. The van der Waals surface area contributed by atoms with Gasteiger partial charge in [-0.3, -0.25) is 4.68 Å². The minimum absolute atomic E-state index is 0.364. The van der Waals surface area contributed by atoms with E-state index in [9.17, 15) is 5.11 Å². The number of nitrogens with zero attached hydrogens (tertiary/aromatic N) is 2. The molecule has 13 heavy (non-hydrogen) atoms. The monoisotopic (exact) mass is 182 g/mol. The molecule has 1 heterocycles. The predicted octanol–water partition coefficient (Wildman–Crippen LogP) is 2.43. The van der Waals surface area contributed by atoms with Gasteiger partial charge in [0.1, 0.15) is 5.69 Å². The minimum Gasteiger partial charge on any atom is -0.504 e. The van der Waals surface area contributed by atoms with E-state index in [1.165, 1.54) is 0 Å². The second kappa shape index (κ2) is 3.81. The van der Waals surface area contributed by atoms with Gasteiger partial charge < -0.3 is 5.11 Å². The highest BCUT2D eigenvalue weighted by Crippen LogP contribution is 2.25. The van der Waals surface area contributed by atoms with Gasteiger partial charge in [-0.1, -0.05) is 13.8 Å². The van der Waals surface area contributed by atoms with Gasteiger partial charge in [-0.25, -0.2) is 0 Å². The van der Waals surface area contributed by atoms with Gasteiger partial charge in [0.15, 0.2) is 5.75 Å². The van der Waals surface area contributed by atoms with Crippen molar-refractivity contribution < 1.29 is 5.11 Å². The summed E-state index contributed by atoms with van der Waals surface area (Å²) >= 11 is 0. The molecule has 1 rings (SSSR count). The fourth-order valence-corrected chi connectivity index (χ4v) is 1.41. The second-order valence-electron chi connectivity index (χ2n) is 3.44. The van der Waals surface area contributed by atoms with Gasteiger partial charge >= 0.3 is 0 Å². The summed E-state index contributed by atoms with van der Waals surface area (Å²) in [6.45, 7) is 8.14. The second-order valence-corrected chi connectivity index (χ2v) is 3.44. The van der Waals surface area contributed by atoms with Crippen LogP contribution < -0.4 is 0 Å². The lowest BCUT2D eigenvalue weighted by atomic mass is 10.2. The molecule has 1 N–H and O–H groups in total. The Kier molecular flexibility index (Phi) is 2.96. The summed E-state index contributed by atoms with van der Waals surface area (Å²) in [7, 11) is 0. The van der Waals surface area contributed by atoms with E-state index < -0.39 is 0 Å². The highest BCUT2D eigenvalue weighted by molar-refractivity contribution is 5.31. The van der Waals surface area contributed by atoms with Crippen LogP contribution in [0.1, 0.15) is 44.6 Å². The molecule has 0 aliphatic carbocycles. The molecule has 0 spiro atoms. The first-order chi connectivity index (χ1) is 6.11. The third kappa shape index (κ3) is 1.69. The zero-order valence-corrected chi connectivity index (χ0v) is 8.83. The van der Waals surface area contributed by atoms with Crippen molar-refractivity contribution in [3.63, 3.8) is 0 Å². The molecule has 1 atom stereocenters. The maximum absolute atomic E-state index is 9.68. The van der Waals surface area contributed by atoms with Crippen molar-refractivity contribution in [2.45, 2.75) is 46.6 Å². The lowest BCUT2D eigenvalue weighted by Gasteiger charge is -2.10. The number of rotatable bonds is 3. The van der Waals surface area contributed by atoms with E-state index in [1.807, 2.05) is 18.5 Å². The van der Waals surface area contributed by atoms with Crippen LogP contribution >= 0.6 is 0 Å². The van der Waals surface area contributed by atoms with Crippen molar-refractivity contribution in [3.8, 4) is 5.75 Å². The Morgan fingerprint density at radius 3 is 2.46 bits per heavy atom. The molecule has 0 bridgehead atoms. The fraction of sp³-hybridized carbons (Fsp3) is 0.700. The van der Waals surface area contributed by atoms with Crippen molar-refractivity contribution in [1.82, 2.24) is 9.78 Å². The van der Waals surface area contributed by atoms with Crippen LogP contribution in [-0.2, 0) is 6.42 Å². The standard InChI is InChI=1S/C10H18N2O/c1-5-7(3)12-8(4)10(13)9(6-2)11-12/h7,13H,5-6H2,1-4H3. The first-order valence-corrected chi connectivity index (χ1v) is 4.88. The summed E-state index contributed by atoms with van der Waals surface area (Å²) in [6.07, 6.45) is 1.82. The van der Waals surface area contributed by atoms with E-state index in [-0.39, 0.29) is 0 Å². The quantitative estimate of drug-likeness (QED) is 0.779. The lowest BCUT2D eigenvalue weighted by Crippen LogP contribution is -2.07. The highest BCUT2D eigenvalue weighted by Gasteiger charge is 2.14. The summed E-state index contributed by atoms with van der Waals surface area (Å²) in [6, 6.07) is 0.367.